The molecule has 1 N–H and O–H groups in total. The van der Waals surface area contributed by atoms with E-state index >= 15 is 0 Å². The predicted octanol–water partition coefficient (Wildman–Crippen LogP) is 8.92. The minimum Gasteiger partial charge on any atom is -0.328 e. The molecule has 0 amide bonds. The molecule has 0 radical (unpaired) electrons. The number of methoxy groups -OCH3 is 1. The quantitative estimate of drug-likeness (QED) is 0.0551. The number of rotatable bonds is 24. The molecule has 39 heavy (non-hydrogen) atoms. The van der Waals surface area contributed by atoms with Crippen LogP contribution in [0, 0.1) is 22.2 Å². The van der Waals surface area contributed by atoms with Crippen molar-refractivity contribution >= 4 is 0 Å². The van der Waals surface area contributed by atoms with E-state index in [1.807, 2.05) is 6.92 Å². The number of nitrogens with one attached hydrogen (secondary N) is 1. The molecule has 0 aromatic carbocycles. The molecule has 0 aromatic rings. The van der Waals surface area contributed by atoms with Gasteiger partial charge in [0.1, 0.15) is 0 Å². The summed E-state index contributed by atoms with van der Waals surface area (Å²) in [4.78, 5) is 13.5. The molecule has 0 aromatic heterocycles. The fourth-order valence-electron chi connectivity index (χ4n) is 7.31. The minimum atomic E-state index is -1.45. The van der Waals surface area contributed by atoms with Crippen LogP contribution in [-0.2, 0) is 24.0 Å². The van der Waals surface area contributed by atoms with E-state index in [0.29, 0.717) is 19.8 Å². The SMILES string of the molecule is CCCCC(C(C)C)(C(C)(C)C)C(OOCCCCNCC)(C(C)(CC)CCC)C(OC)(OCC)OCCC. The van der Waals surface area contributed by atoms with Gasteiger partial charge in [-0.05, 0) is 69.9 Å². The first-order valence-electron chi connectivity index (χ1n) is 16.2. The van der Waals surface area contributed by atoms with E-state index in [1.165, 1.54) is 0 Å². The van der Waals surface area contributed by atoms with Crippen molar-refractivity contribution in [1.82, 2.24) is 5.32 Å². The van der Waals surface area contributed by atoms with Gasteiger partial charge in [0.2, 0.25) is 0 Å². The average molecular weight is 560 g/mol. The van der Waals surface area contributed by atoms with Gasteiger partial charge in [0, 0.05) is 24.5 Å². The molecule has 0 heterocycles. The summed E-state index contributed by atoms with van der Waals surface area (Å²) >= 11 is 0. The molecule has 0 aliphatic heterocycles. The fourth-order valence-corrected chi connectivity index (χ4v) is 7.31. The van der Waals surface area contributed by atoms with Crippen LogP contribution in [0.25, 0.3) is 0 Å². The van der Waals surface area contributed by atoms with E-state index in [4.69, 9.17) is 24.0 Å². The standard InChI is InChI=1S/C33H69NO5/c1-14-20-24-31(28(7)8,29(9,10)11)32(30(12,17-4)23-15-2,39-38-27-22-21-25-34-18-5)33(35-13,36-19-6)37-26-16-3/h28,34H,14-27H2,1-13H3. The van der Waals surface area contributed by atoms with Gasteiger partial charge in [-0.1, -0.05) is 95.4 Å². The molecule has 0 aliphatic rings. The third-order valence-corrected chi connectivity index (χ3v) is 9.10. The zero-order valence-corrected chi connectivity index (χ0v) is 28.5. The van der Waals surface area contributed by atoms with Gasteiger partial charge < -0.3 is 19.5 Å². The van der Waals surface area contributed by atoms with E-state index < -0.39 is 17.0 Å². The predicted molar refractivity (Wildman–Crippen MR) is 165 cm³/mol. The Kier molecular flexibility index (Phi) is 18.2. The lowest BCUT2D eigenvalue weighted by Gasteiger charge is -2.68. The molecular weight excluding hydrogens is 490 g/mol. The van der Waals surface area contributed by atoms with Crippen LogP contribution >= 0.6 is 0 Å². The summed E-state index contributed by atoms with van der Waals surface area (Å²) in [6.07, 6.45) is 8.68. The van der Waals surface area contributed by atoms with Crippen molar-refractivity contribution in [3.63, 3.8) is 0 Å². The maximum Gasteiger partial charge on any atom is 0.318 e. The van der Waals surface area contributed by atoms with E-state index in [-0.39, 0.29) is 16.7 Å². The van der Waals surface area contributed by atoms with Crippen molar-refractivity contribution in [2.24, 2.45) is 22.2 Å². The average Bonchev–Trinajstić information content (AvgIpc) is 2.88. The maximum absolute atomic E-state index is 7.11. The number of hydrogen-bond acceptors (Lipinski definition) is 6. The van der Waals surface area contributed by atoms with Crippen LogP contribution in [0.1, 0.15) is 141 Å². The number of ether oxygens (including phenoxy) is 3. The second-order valence-corrected chi connectivity index (χ2v) is 12.8. The zero-order chi connectivity index (χ0) is 30.2. The normalized spacial score (nSPS) is 18.9. The smallest absolute Gasteiger partial charge is 0.318 e. The van der Waals surface area contributed by atoms with Crippen LogP contribution in [0.2, 0.25) is 0 Å². The summed E-state index contributed by atoms with van der Waals surface area (Å²) in [5, 5.41) is 3.40. The van der Waals surface area contributed by atoms with Gasteiger partial charge in [0.25, 0.3) is 0 Å². The first-order chi connectivity index (χ1) is 18.4. The van der Waals surface area contributed by atoms with Gasteiger partial charge in [-0.25, -0.2) is 9.78 Å². The fraction of sp³-hybridized carbons (Fsp3) is 1.00. The molecular formula is C33H69NO5. The highest BCUT2D eigenvalue weighted by Gasteiger charge is 2.78. The van der Waals surface area contributed by atoms with Gasteiger partial charge in [0.05, 0.1) is 13.2 Å². The Morgan fingerprint density at radius 1 is 0.744 bits per heavy atom. The molecule has 0 bridgehead atoms. The van der Waals surface area contributed by atoms with Crippen LogP contribution in [0.5, 0.6) is 0 Å². The second kappa shape index (κ2) is 18.3. The Morgan fingerprint density at radius 3 is 1.85 bits per heavy atom. The first kappa shape index (κ1) is 38.8. The molecule has 0 saturated heterocycles. The Hall–Kier alpha value is -0.240. The van der Waals surface area contributed by atoms with Crippen LogP contribution in [0.3, 0.4) is 0 Å². The molecule has 0 saturated carbocycles. The molecule has 4 unspecified atom stereocenters. The van der Waals surface area contributed by atoms with Gasteiger partial charge in [-0.3, -0.25) is 0 Å². The van der Waals surface area contributed by atoms with Crippen molar-refractivity contribution in [3.05, 3.63) is 0 Å². The maximum atomic E-state index is 7.11. The summed E-state index contributed by atoms with van der Waals surface area (Å²) < 4.78 is 20.1. The number of hydrogen-bond donors (Lipinski definition) is 1. The van der Waals surface area contributed by atoms with Crippen molar-refractivity contribution < 1.29 is 24.0 Å². The van der Waals surface area contributed by atoms with Crippen LogP contribution < -0.4 is 5.32 Å². The summed E-state index contributed by atoms with van der Waals surface area (Å²) in [5.41, 5.74) is -2.05. The van der Waals surface area contributed by atoms with Gasteiger partial charge in [-0.2, -0.15) is 0 Å². The van der Waals surface area contributed by atoms with E-state index in [1.54, 1.807) is 7.11 Å². The Bertz CT molecular complexity index is 624. The van der Waals surface area contributed by atoms with Gasteiger partial charge >= 0.3 is 5.97 Å². The summed E-state index contributed by atoms with van der Waals surface area (Å²) in [7, 11) is 1.72. The lowest BCUT2D eigenvalue weighted by atomic mass is 9.43. The van der Waals surface area contributed by atoms with Crippen LogP contribution in [-0.4, -0.2) is 51.6 Å². The van der Waals surface area contributed by atoms with E-state index in [9.17, 15) is 0 Å². The van der Waals surface area contributed by atoms with Gasteiger partial charge in [0.15, 0.2) is 5.60 Å². The summed E-state index contributed by atoms with van der Waals surface area (Å²) in [6.45, 7) is 30.5. The van der Waals surface area contributed by atoms with E-state index in [2.05, 4.69) is 81.5 Å². The molecule has 0 rings (SSSR count). The lowest BCUT2D eigenvalue weighted by molar-refractivity contribution is -0.550. The van der Waals surface area contributed by atoms with E-state index in [0.717, 1.165) is 70.9 Å². The molecule has 4 atom stereocenters. The summed E-state index contributed by atoms with van der Waals surface area (Å²) in [5.74, 6) is -1.23. The Morgan fingerprint density at radius 2 is 1.41 bits per heavy atom. The first-order valence-corrected chi connectivity index (χ1v) is 16.2. The van der Waals surface area contributed by atoms with Gasteiger partial charge in [-0.15, -0.1) is 0 Å². The zero-order valence-electron chi connectivity index (χ0n) is 28.5. The lowest BCUT2D eigenvalue weighted by Crippen LogP contribution is -2.78. The third kappa shape index (κ3) is 8.41. The number of unbranched alkanes of at least 4 members (excludes halogenated alkanes) is 2. The third-order valence-electron chi connectivity index (χ3n) is 9.10. The van der Waals surface area contributed by atoms with Crippen molar-refractivity contribution in [2.45, 2.75) is 152 Å². The molecule has 0 fully saturated rings. The molecule has 0 spiro atoms. The van der Waals surface area contributed by atoms with Crippen LogP contribution in [0.4, 0.5) is 0 Å². The highest BCUT2D eigenvalue weighted by Crippen LogP contribution is 2.68. The highest BCUT2D eigenvalue weighted by atomic mass is 17.2. The molecule has 6 nitrogen and oxygen atoms in total. The Labute approximate surface area is 243 Å². The van der Waals surface area contributed by atoms with Crippen molar-refractivity contribution in [3.8, 4) is 0 Å². The summed E-state index contributed by atoms with van der Waals surface area (Å²) in [6, 6.07) is 0. The minimum absolute atomic E-state index is 0.189. The highest BCUT2D eigenvalue weighted by molar-refractivity contribution is 5.18. The molecule has 6 heteroatoms. The largest absolute Gasteiger partial charge is 0.328 e. The van der Waals surface area contributed by atoms with Crippen molar-refractivity contribution in [2.75, 3.05) is 40.0 Å². The van der Waals surface area contributed by atoms with Crippen molar-refractivity contribution in [1.29, 1.82) is 0 Å². The Balaban J connectivity index is 7.68. The monoisotopic (exact) mass is 560 g/mol. The second-order valence-electron chi connectivity index (χ2n) is 12.8. The molecule has 0 aliphatic carbocycles. The van der Waals surface area contributed by atoms with Crippen LogP contribution in [0.15, 0.2) is 0 Å². The topological polar surface area (TPSA) is 58.2 Å². The molecule has 236 valence electrons.